The third kappa shape index (κ3) is 5.57. The van der Waals surface area contributed by atoms with Crippen LogP contribution in [0.4, 0.5) is 0 Å². The van der Waals surface area contributed by atoms with Crippen LogP contribution in [0.15, 0.2) is 273 Å². The molecule has 0 saturated heterocycles. The molecule has 0 saturated carbocycles. The summed E-state index contributed by atoms with van der Waals surface area (Å²) in [5.41, 5.74) is 22.9. The number of fused-ring (bicyclic) bond motifs is 19. The van der Waals surface area contributed by atoms with Crippen LogP contribution < -0.4 is 0 Å². The molecule has 0 unspecified atom stereocenters. The summed E-state index contributed by atoms with van der Waals surface area (Å²) in [6, 6.07) is 92.7. The Labute approximate surface area is 450 Å². The Hall–Kier alpha value is -10.2. The molecule has 15 aromatic rings. The number of benzene rings is 11. The average Bonchev–Trinajstić information content (AvgIpc) is 4.49. The highest BCUT2D eigenvalue weighted by molar-refractivity contribution is 6.13. The van der Waals surface area contributed by atoms with E-state index in [0.29, 0.717) is 0 Å². The summed E-state index contributed by atoms with van der Waals surface area (Å²) in [6.07, 6.45) is 4.56. The van der Waals surface area contributed by atoms with E-state index in [9.17, 15) is 0 Å². The van der Waals surface area contributed by atoms with Gasteiger partial charge in [0, 0.05) is 65.8 Å². The van der Waals surface area contributed by atoms with Crippen LogP contribution in [0.1, 0.15) is 29.2 Å². The highest BCUT2D eigenvalue weighted by Gasteiger charge is 2.52. The monoisotopic (exact) mass is 992 g/mol. The molecule has 4 heterocycles. The number of aromatic nitrogens is 4. The minimum atomic E-state index is -0.810. The van der Waals surface area contributed by atoms with Gasteiger partial charge in [0.05, 0.1) is 49.5 Å². The fourth-order valence-electron chi connectivity index (χ4n) is 14.4. The Morgan fingerprint density at radius 3 is 0.923 bits per heavy atom. The van der Waals surface area contributed by atoms with E-state index in [-0.39, 0.29) is 0 Å². The Morgan fingerprint density at radius 1 is 0.333 bits per heavy atom. The van der Waals surface area contributed by atoms with Gasteiger partial charge in [-0.1, -0.05) is 170 Å². The van der Waals surface area contributed by atoms with Crippen LogP contribution in [-0.4, -0.2) is 18.3 Å². The maximum atomic E-state index is 4.65. The highest BCUT2D eigenvalue weighted by atomic mass is 15.0. The first-order chi connectivity index (χ1) is 38.6. The van der Waals surface area contributed by atoms with Crippen molar-refractivity contribution >= 4 is 98.5 Å². The van der Waals surface area contributed by atoms with Crippen molar-refractivity contribution in [2.24, 2.45) is 0 Å². The summed E-state index contributed by atoms with van der Waals surface area (Å²) in [6.45, 7) is 7.00. The number of nitrogens with zero attached hydrogens (tertiary/aromatic N) is 4. The molecule has 4 nitrogen and oxygen atoms in total. The zero-order valence-electron chi connectivity index (χ0n) is 42.8. The molecule has 11 aromatic carbocycles. The maximum absolute atomic E-state index is 4.65. The third-order valence-electron chi connectivity index (χ3n) is 17.6. The molecular formula is C74H48N4. The van der Waals surface area contributed by atoms with Crippen LogP contribution >= 0.6 is 0 Å². The second-order valence-corrected chi connectivity index (χ2v) is 21.2. The predicted octanol–water partition coefficient (Wildman–Crippen LogP) is 18.9. The number of hydrogen-bond acceptors (Lipinski definition) is 0. The van der Waals surface area contributed by atoms with Gasteiger partial charge in [-0.25, -0.2) is 0 Å². The van der Waals surface area contributed by atoms with E-state index in [0.717, 1.165) is 33.8 Å². The molecule has 0 fully saturated rings. The topological polar surface area (TPSA) is 19.7 Å². The minimum absolute atomic E-state index is 0.810. The molecule has 0 atom stereocenters. The van der Waals surface area contributed by atoms with Gasteiger partial charge in [-0.05, 0) is 149 Å². The second-order valence-electron chi connectivity index (χ2n) is 21.2. The van der Waals surface area contributed by atoms with E-state index in [4.69, 9.17) is 0 Å². The first-order valence-corrected chi connectivity index (χ1v) is 27.0. The van der Waals surface area contributed by atoms with Crippen molar-refractivity contribution in [2.45, 2.75) is 12.3 Å². The molecule has 2 aliphatic rings. The zero-order chi connectivity index (χ0) is 51.4. The predicted molar refractivity (Wildman–Crippen MR) is 328 cm³/mol. The van der Waals surface area contributed by atoms with Gasteiger partial charge < -0.3 is 18.3 Å². The van der Waals surface area contributed by atoms with Crippen LogP contribution in [0.2, 0.25) is 0 Å². The molecule has 4 aromatic heterocycles. The van der Waals surface area contributed by atoms with Crippen molar-refractivity contribution in [3.05, 3.63) is 295 Å². The Kier molecular flexibility index (Phi) is 8.81. The van der Waals surface area contributed by atoms with Crippen molar-refractivity contribution in [3.8, 4) is 28.2 Å². The van der Waals surface area contributed by atoms with Gasteiger partial charge >= 0.3 is 0 Å². The number of allylic oxidation sites excluding steroid dienone is 5. The van der Waals surface area contributed by atoms with Crippen LogP contribution in [0.5, 0.6) is 0 Å². The van der Waals surface area contributed by atoms with E-state index < -0.39 is 5.41 Å². The number of para-hydroxylation sites is 8. The van der Waals surface area contributed by atoms with Crippen LogP contribution in [0.25, 0.3) is 127 Å². The molecule has 0 radical (unpaired) electrons. The summed E-state index contributed by atoms with van der Waals surface area (Å²) in [7, 11) is 0. The standard InChI is InChI=1S/C74H48N4/c1-3-47(75-66-28-12-4-20-54(66)55-21-5-13-29-67(55)75)42-62-46(2)51-39-36-48(76-68-30-14-6-22-56(68)57-23-7-15-31-69(57)76)43-63(51)74(62)64-44-49(77-70-32-16-8-24-58(70)59-25-9-17-33-71(59)77)37-40-52(64)53-41-38-50(45-65(53)74)78-72-34-18-10-26-60(72)61-27-11-19-35-73(61)78/h3-45H,1H2,2H3/b47-42+. The molecule has 1 spiro atoms. The molecule has 4 heteroatoms. The molecule has 2 aliphatic carbocycles. The maximum Gasteiger partial charge on any atom is 0.0725 e. The summed E-state index contributed by atoms with van der Waals surface area (Å²) < 4.78 is 9.87. The van der Waals surface area contributed by atoms with Crippen LogP contribution in [0, 0.1) is 0 Å². The van der Waals surface area contributed by atoms with Crippen molar-refractivity contribution < 1.29 is 0 Å². The fourth-order valence-corrected chi connectivity index (χ4v) is 14.4. The van der Waals surface area contributed by atoms with Gasteiger partial charge in [0.25, 0.3) is 0 Å². The zero-order valence-corrected chi connectivity index (χ0v) is 42.8. The van der Waals surface area contributed by atoms with E-state index in [1.54, 1.807) is 0 Å². The van der Waals surface area contributed by atoms with Gasteiger partial charge in [-0.15, -0.1) is 0 Å². The fraction of sp³-hybridized carbons (Fsp3) is 0.0270. The third-order valence-corrected chi connectivity index (χ3v) is 17.6. The lowest BCUT2D eigenvalue weighted by Gasteiger charge is -2.33. The first-order valence-electron chi connectivity index (χ1n) is 27.0. The lowest BCUT2D eigenvalue weighted by atomic mass is 9.69. The Bertz CT molecular complexity index is 4820. The number of hydrogen-bond donors (Lipinski definition) is 0. The summed E-state index contributed by atoms with van der Waals surface area (Å²) in [5.74, 6) is 0. The normalized spacial score (nSPS) is 13.9. The molecule has 0 bridgehead atoms. The van der Waals surface area contributed by atoms with Gasteiger partial charge in [-0.2, -0.15) is 0 Å². The van der Waals surface area contributed by atoms with Gasteiger partial charge in [0.15, 0.2) is 0 Å². The molecule has 0 N–H and O–H groups in total. The Morgan fingerprint density at radius 2 is 0.603 bits per heavy atom. The number of rotatable bonds is 6. The highest BCUT2D eigenvalue weighted by Crippen LogP contribution is 2.63. The summed E-state index contributed by atoms with van der Waals surface area (Å²) >= 11 is 0. The molecule has 17 rings (SSSR count). The molecule has 0 aliphatic heterocycles. The second kappa shape index (κ2) is 15.9. The van der Waals surface area contributed by atoms with E-state index in [2.05, 4.69) is 293 Å². The first kappa shape index (κ1) is 43.1. The molecular weight excluding hydrogens is 945 g/mol. The SMILES string of the molecule is C=C/C(=C\C1=C(C)c2ccc(-n3c4ccccc4c4ccccc43)cc2C12c1cc(-n3c4ccccc4c4ccccc43)ccc1-c1ccc(-n3c4ccccc4c4ccccc43)cc12)n1c2ccccc2c2ccccc21. The van der Waals surface area contributed by atoms with Gasteiger partial charge in [-0.3, -0.25) is 0 Å². The van der Waals surface area contributed by atoms with Gasteiger partial charge in [0.1, 0.15) is 0 Å². The van der Waals surface area contributed by atoms with E-state index >= 15 is 0 Å². The quantitative estimate of drug-likeness (QED) is 0.148. The van der Waals surface area contributed by atoms with E-state index in [1.165, 1.54) is 121 Å². The summed E-state index contributed by atoms with van der Waals surface area (Å²) in [4.78, 5) is 0. The summed E-state index contributed by atoms with van der Waals surface area (Å²) in [5, 5.41) is 9.88. The van der Waals surface area contributed by atoms with E-state index in [1.807, 2.05) is 0 Å². The lowest BCUT2D eigenvalue weighted by molar-refractivity contribution is 0.782. The minimum Gasteiger partial charge on any atom is -0.309 e. The smallest absolute Gasteiger partial charge is 0.0725 e. The lowest BCUT2D eigenvalue weighted by Crippen LogP contribution is -2.28. The van der Waals surface area contributed by atoms with Crippen molar-refractivity contribution in [2.75, 3.05) is 0 Å². The Balaban J connectivity index is 1.03. The van der Waals surface area contributed by atoms with Gasteiger partial charge in [0.2, 0.25) is 0 Å². The molecule has 364 valence electrons. The average molecular weight is 993 g/mol. The largest absolute Gasteiger partial charge is 0.309 e. The van der Waals surface area contributed by atoms with Crippen molar-refractivity contribution in [1.82, 2.24) is 18.3 Å². The van der Waals surface area contributed by atoms with Crippen LogP contribution in [-0.2, 0) is 5.41 Å². The van der Waals surface area contributed by atoms with Crippen molar-refractivity contribution in [3.63, 3.8) is 0 Å². The van der Waals surface area contributed by atoms with Crippen molar-refractivity contribution in [1.29, 1.82) is 0 Å². The molecule has 78 heavy (non-hydrogen) atoms. The van der Waals surface area contributed by atoms with Crippen LogP contribution in [0.3, 0.4) is 0 Å². The molecule has 0 amide bonds.